The molecule has 1 fully saturated rings. The number of nitrogens with zero attached hydrogens (tertiary/aromatic N) is 6. The van der Waals surface area contributed by atoms with Crippen molar-refractivity contribution in [3.8, 4) is 22.9 Å². The smallest absolute Gasteiger partial charge is 0.263 e. The average molecular weight is 469 g/mol. The third-order valence-electron chi connectivity index (χ3n) is 5.33. The summed E-state index contributed by atoms with van der Waals surface area (Å²) in [6.07, 6.45) is 0. The van der Waals surface area contributed by atoms with Crippen LogP contribution in [-0.4, -0.2) is 53.3 Å². The van der Waals surface area contributed by atoms with Crippen LogP contribution in [0, 0.1) is 0 Å². The molecule has 11 nitrogen and oxygen atoms in total. The molecule has 2 aromatic carbocycles. The summed E-state index contributed by atoms with van der Waals surface area (Å²) in [7, 11) is 2.98. The van der Waals surface area contributed by atoms with Crippen molar-refractivity contribution in [3.63, 3.8) is 0 Å². The quantitative estimate of drug-likeness (QED) is 0.506. The highest BCUT2D eigenvalue weighted by atomic mass is 35.5. The van der Waals surface area contributed by atoms with E-state index in [9.17, 15) is 9.59 Å². The lowest BCUT2D eigenvalue weighted by molar-refractivity contribution is -0.123. The van der Waals surface area contributed by atoms with Crippen molar-refractivity contribution in [1.29, 1.82) is 0 Å². The highest BCUT2D eigenvalue weighted by Gasteiger charge is 2.55. The fourth-order valence-electron chi connectivity index (χ4n) is 3.77. The van der Waals surface area contributed by atoms with Crippen LogP contribution in [0.25, 0.3) is 11.4 Å². The molecule has 3 heterocycles. The zero-order valence-electron chi connectivity index (χ0n) is 17.5. The Labute approximate surface area is 192 Å². The Balaban J connectivity index is 1.37. The minimum Gasteiger partial charge on any atom is -0.493 e. The van der Waals surface area contributed by atoms with Gasteiger partial charge in [0.1, 0.15) is 6.54 Å². The number of carbonyl (C=O) groups is 2. The molecule has 2 atom stereocenters. The molecule has 0 spiro atoms. The fraction of sp³-hybridized carbons (Fsp3) is 0.238. The lowest BCUT2D eigenvalue weighted by atomic mass is 10.1. The van der Waals surface area contributed by atoms with Crippen LogP contribution < -0.4 is 14.4 Å². The molecule has 33 heavy (non-hydrogen) atoms. The van der Waals surface area contributed by atoms with Gasteiger partial charge in [0.05, 0.1) is 19.9 Å². The van der Waals surface area contributed by atoms with Crippen LogP contribution in [0.1, 0.15) is 5.89 Å². The van der Waals surface area contributed by atoms with E-state index in [1.165, 1.54) is 19.2 Å². The van der Waals surface area contributed by atoms with E-state index in [0.717, 1.165) is 4.90 Å². The summed E-state index contributed by atoms with van der Waals surface area (Å²) in [4.78, 5) is 31.6. The molecule has 1 aromatic heterocycles. The molecular weight excluding hydrogens is 452 g/mol. The van der Waals surface area contributed by atoms with Gasteiger partial charge in [-0.15, -0.1) is 0 Å². The Morgan fingerprint density at radius 1 is 1.06 bits per heavy atom. The lowest BCUT2D eigenvalue weighted by Gasteiger charge is -2.20. The molecule has 0 radical (unpaired) electrons. The van der Waals surface area contributed by atoms with Crippen LogP contribution in [-0.2, 0) is 16.1 Å². The van der Waals surface area contributed by atoms with E-state index in [0.29, 0.717) is 33.6 Å². The fourth-order valence-corrected chi connectivity index (χ4v) is 3.97. The van der Waals surface area contributed by atoms with Crippen molar-refractivity contribution in [2.24, 2.45) is 10.3 Å². The number of hydrogen-bond acceptors (Lipinski definition) is 10. The van der Waals surface area contributed by atoms with E-state index in [2.05, 4.69) is 20.5 Å². The molecule has 0 saturated carbocycles. The van der Waals surface area contributed by atoms with Crippen LogP contribution in [0.15, 0.2) is 57.3 Å². The molecule has 0 unspecified atom stereocenters. The standard InChI is InChI=1S/C21H17ClN6O5/c1-31-14-7-6-13(9-15(14)32-2)28-20(29)17-18(21(28)30)27(26-24-17)10-16-23-19(25-33-16)11-4-3-5-12(22)8-11/h3-9,17-18H,10H2,1-2H3/t17-,18+/m0/s1. The molecule has 5 rings (SSSR count). The zero-order valence-corrected chi connectivity index (χ0v) is 18.3. The monoisotopic (exact) mass is 468 g/mol. The van der Waals surface area contributed by atoms with E-state index in [-0.39, 0.29) is 12.4 Å². The number of rotatable bonds is 6. The third kappa shape index (κ3) is 3.55. The highest BCUT2D eigenvalue weighted by molar-refractivity contribution is 6.30. The molecule has 12 heteroatoms. The maximum absolute atomic E-state index is 13.2. The lowest BCUT2D eigenvalue weighted by Crippen LogP contribution is -2.39. The molecule has 168 valence electrons. The highest BCUT2D eigenvalue weighted by Crippen LogP contribution is 2.37. The first-order valence-electron chi connectivity index (χ1n) is 9.86. The Bertz CT molecular complexity index is 1280. The van der Waals surface area contributed by atoms with Gasteiger partial charge in [0.25, 0.3) is 11.8 Å². The first-order valence-corrected chi connectivity index (χ1v) is 10.2. The number of fused-ring (bicyclic) bond motifs is 1. The van der Waals surface area contributed by atoms with Gasteiger partial charge in [-0.25, -0.2) is 4.90 Å². The first kappa shape index (κ1) is 20.9. The number of carbonyl (C=O) groups excluding carboxylic acids is 2. The number of aromatic nitrogens is 2. The molecule has 1 saturated heterocycles. The number of halogens is 1. The largest absolute Gasteiger partial charge is 0.493 e. The summed E-state index contributed by atoms with van der Waals surface area (Å²) >= 11 is 6.02. The Morgan fingerprint density at radius 3 is 2.64 bits per heavy atom. The van der Waals surface area contributed by atoms with Gasteiger partial charge in [-0.2, -0.15) is 10.1 Å². The molecule has 3 aromatic rings. The second-order valence-corrected chi connectivity index (χ2v) is 7.70. The van der Waals surface area contributed by atoms with Crippen molar-refractivity contribution in [2.45, 2.75) is 18.6 Å². The summed E-state index contributed by atoms with van der Waals surface area (Å²) in [5.74, 6) is 0.500. The van der Waals surface area contributed by atoms with Crippen molar-refractivity contribution in [3.05, 3.63) is 53.4 Å². The number of methoxy groups -OCH3 is 2. The molecule has 0 N–H and O–H groups in total. The predicted molar refractivity (Wildman–Crippen MR) is 115 cm³/mol. The summed E-state index contributed by atoms with van der Waals surface area (Å²) < 4.78 is 15.8. The normalized spacial score (nSPS) is 19.4. The molecule has 2 aliphatic rings. The van der Waals surface area contributed by atoms with Crippen LogP contribution >= 0.6 is 11.6 Å². The number of anilines is 1. The van der Waals surface area contributed by atoms with E-state index in [1.54, 1.807) is 42.5 Å². The van der Waals surface area contributed by atoms with Crippen LogP contribution in [0.4, 0.5) is 5.69 Å². The van der Waals surface area contributed by atoms with Gasteiger partial charge in [0, 0.05) is 16.7 Å². The predicted octanol–water partition coefficient (Wildman–Crippen LogP) is 2.90. The minimum atomic E-state index is -0.957. The van der Waals surface area contributed by atoms with E-state index in [4.69, 9.17) is 25.6 Å². The van der Waals surface area contributed by atoms with Crippen LogP contribution in [0.5, 0.6) is 11.5 Å². The van der Waals surface area contributed by atoms with Gasteiger partial charge in [0.15, 0.2) is 23.6 Å². The minimum absolute atomic E-state index is 0.0109. The van der Waals surface area contributed by atoms with Crippen molar-refractivity contribution >= 4 is 29.1 Å². The summed E-state index contributed by atoms with van der Waals surface area (Å²) in [5, 5.41) is 13.9. The van der Waals surface area contributed by atoms with Crippen LogP contribution in [0.2, 0.25) is 5.02 Å². The molecule has 2 aliphatic heterocycles. The first-order chi connectivity index (χ1) is 16.0. The van der Waals surface area contributed by atoms with E-state index < -0.39 is 23.9 Å². The number of imide groups is 1. The van der Waals surface area contributed by atoms with Crippen LogP contribution in [0.3, 0.4) is 0 Å². The van der Waals surface area contributed by atoms with E-state index in [1.807, 2.05) is 0 Å². The number of hydrogen-bond donors (Lipinski definition) is 0. The van der Waals surface area contributed by atoms with Crippen molar-refractivity contribution in [2.75, 3.05) is 19.1 Å². The van der Waals surface area contributed by atoms with Gasteiger partial charge in [-0.05, 0) is 24.3 Å². The van der Waals surface area contributed by atoms with Crippen molar-refractivity contribution < 1.29 is 23.6 Å². The van der Waals surface area contributed by atoms with E-state index >= 15 is 0 Å². The van der Waals surface area contributed by atoms with Gasteiger partial charge in [-0.3, -0.25) is 14.6 Å². The molecule has 0 aliphatic carbocycles. The number of ether oxygens (including phenoxy) is 2. The Hall–Kier alpha value is -3.99. The average Bonchev–Trinajstić information content (AvgIpc) is 3.51. The molecule has 0 bridgehead atoms. The number of benzene rings is 2. The second kappa shape index (κ2) is 8.17. The van der Waals surface area contributed by atoms with Gasteiger partial charge >= 0.3 is 0 Å². The summed E-state index contributed by atoms with van der Waals surface area (Å²) in [5.41, 5.74) is 1.04. The maximum atomic E-state index is 13.2. The topological polar surface area (TPSA) is 123 Å². The molecule has 2 amide bonds. The molecular formula is C21H17ClN6O5. The second-order valence-electron chi connectivity index (χ2n) is 7.27. The van der Waals surface area contributed by atoms with Crippen molar-refractivity contribution in [1.82, 2.24) is 15.1 Å². The van der Waals surface area contributed by atoms with Gasteiger partial charge in [0.2, 0.25) is 11.7 Å². The summed E-state index contributed by atoms with van der Waals surface area (Å²) in [6.45, 7) is 0.0109. The number of amides is 2. The third-order valence-corrected chi connectivity index (χ3v) is 5.57. The zero-order chi connectivity index (χ0) is 23.1. The maximum Gasteiger partial charge on any atom is 0.263 e. The SMILES string of the molecule is COc1ccc(N2C(=O)[C@H]3N=NN(Cc4nc(-c5cccc(Cl)c5)no4)[C@H]3C2=O)cc1OC. The summed E-state index contributed by atoms with van der Waals surface area (Å²) in [6, 6.07) is 9.95. The van der Waals surface area contributed by atoms with Gasteiger partial charge in [-0.1, -0.05) is 34.1 Å². The van der Waals surface area contributed by atoms with Gasteiger partial charge < -0.3 is 14.0 Å². The Kier molecular flexibility index (Phi) is 5.17. The Morgan fingerprint density at radius 2 is 1.88 bits per heavy atom.